The van der Waals surface area contributed by atoms with E-state index in [2.05, 4.69) is 0 Å². The van der Waals surface area contributed by atoms with Crippen molar-refractivity contribution in [3.63, 3.8) is 0 Å². The Morgan fingerprint density at radius 2 is 1.86 bits per heavy atom. The Bertz CT molecular complexity index is 212. The topological polar surface area (TPSA) is 45.4 Å². The molecule has 0 saturated carbocycles. The maximum atomic E-state index is 11.7. The van der Waals surface area contributed by atoms with Crippen LogP contribution in [0.15, 0.2) is 0 Å². The fourth-order valence-electron chi connectivity index (χ4n) is 1.34. The standard InChI is InChI=1S/C9H14ClNO3/c1-6(10)9(12)11(2-7-4-13-7)3-8-5-14-8/h6-8H,2-5H2,1H3. The molecule has 5 heteroatoms. The molecule has 0 aromatic heterocycles. The molecular weight excluding hydrogens is 206 g/mol. The van der Waals surface area contributed by atoms with Crippen molar-refractivity contribution in [2.24, 2.45) is 0 Å². The number of nitrogens with zero attached hydrogens (tertiary/aromatic N) is 1. The van der Waals surface area contributed by atoms with Crippen LogP contribution < -0.4 is 0 Å². The van der Waals surface area contributed by atoms with Crippen molar-refractivity contribution in [2.45, 2.75) is 24.5 Å². The van der Waals surface area contributed by atoms with E-state index in [0.717, 1.165) is 13.2 Å². The average Bonchev–Trinajstić information content (AvgIpc) is 2.94. The van der Waals surface area contributed by atoms with Crippen LogP contribution >= 0.6 is 11.6 Å². The van der Waals surface area contributed by atoms with Crippen molar-refractivity contribution in [3.05, 3.63) is 0 Å². The first kappa shape index (κ1) is 10.2. The van der Waals surface area contributed by atoms with E-state index in [1.54, 1.807) is 11.8 Å². The summed E-state index contributed by atoms with van der Waals surface area (Å²) in [7, 11) is 0. The molecule has 0 aromatic rings. The third kappa shape index (κ3) is 2.83. The Labute approximate surface area is 88.1 Å². The van der Waals surface area contributed by atoms with Crippen LogP contribution in [0, 0.1) is 0 Å². The minimum atomic E-state index is -0.465. The molecule has 80 valence electrons. The minimum absolute atomic E-state index is 0.0299. The highest BCUT2D eigenvalue weighted by Crippen LogP contribution is 2.17. The zero-order chi connectivity index (χ0) is 10.1. The Hall–Kier alpha value is -0.320. The van der Waals surface area contributed by atoms with Gasteiger partial charge in [-0.2, -0.15) is 0 Å². The first-order valence-corrected chi connectivity index (χ1v) is 5.26. The van der Waals surface area contributed by atoms with E-state index in [4.69, 9.17) is 21.1 Å². The first-order chi connectivity index (χ1) is 6.66. The van der Waals surface area contributed by atoms with E-state index in [1.807, 2.05) is 0 Å². The molecule has 3 unspecified atom stereocenters. The number of halogens is 1. The molecule has 2 rings (SSSR count). The monoisotopic (exact) mass is 219 g/mol. The van der Waals surface area contributed by atoms with Crippen LogP contribution in [0.5, 0.6) is 0 Å². The van der Waals surface area contributed by atoms with Crippen LogP contribution in [-0.2, 0) is 14.3 Å². The first-order valence-electron chi connectivity index (χ1n) is 4.83. The maximum Gasteiger partial charge on any atom is 0.240 e. The Kier molecular flexibility index (Phi) is 2.95. The van der Waals surface area contributed by atoms with Gasteiger partial charge in [-0.25, -0.2) is 0 Å². The zero-order valence-corrected chi connectivity index (χ0v) is 8.87. The van der Waals surface area contributed by atoms with Gasteiger partial charge in [0.25, 0.3) is 0 Å². The molecule has 2 aliphatic heterocycles. The highest BCUT2D eigenvalue weighted by Gasteiger charge is 2.33. The molecule has 0 radical (unpaired) electrons. The van der Waals surface area contributed by atoms with Crippen LogP contribution in [0.4, 0.5) is 0 Å². The van der Waals surface area contributed by atoms with Gasteiger partial charge in [0.15, 0.2) is 0 Å². The van der Waals surface area contributed by atoms with Crippen LogP contribution in [0.25, 0.3) is 0 Å². The molecule has 1 amide bonds. The molecule has 0 aromatic carbocycles. The van der Waals surface area contributed by atoms with E-state index >= 15 is 0 Å². The number of alkyl halides is 1. The molecular formula is C9H14ClNO3. The largest absolute Gasteiger partial charge is 0.371 e. The minimum Gasteiger partial charge on any atom is -0.371 e. The van der Waals surface area contributed by atoms with Crippen LogP contribution in [0.1, 0.15) is 6.92 Å². The van der Waals surface area contributed by atoms with Crippen molar-refractivity contribution in [3.8, 4) is 0 Å². The summed E-state index contributed by atoms with van der Waals surface area (Å²) < 4.78 is 10.2. The summed E-state index contributed by atoms with van der Waals surface area (Å²) in [5.41, 5.74) is 0. The summed E-state index contributed by atoms with van der Waals surface area (Å²) in [6, 6.07) is 0. The number of hydrogen-bond donors (Lipinski definition) is 0. The Morgan fingerprint density at radius 3 is 2.14 bits per heavy atom. The fraction of sp³-hybridized carbons (Fsp3) is 0.889. The fourth-order valence-corrected chi connectivity index (χ4v) is 1.48. The maximum absolute atomic E-state index is 11.7. The summed E-state index contributed by atoms with van der Waals surface area (Å²) in [5.74, 6) is -0.0299. The van der Waals surface area contributed by atoms with Crippen LogP contribution in [0.3, 0.4) is 0 Å². The number of amides is 1. The number of rotatable bonds is 5. The summed E-state index contributed by atoms with van der Waals surface area (Å²) in [6.07, 6.45) is 0.432. The highest BCUT2D eigenvalue weighted by atomic mass is 35.5. The lowest BCUT2D eigenvalue weighted by Gasteiger charge is -2.21. The molecule has 0 aliphatic carbocycles. The van der Waals surface area contributed by atoms with Crippen molar-refractivity contribution < 1.29 is 14.3 Å². The van der Waals surface area contributed by atoms with Crippen molar-refractivity contribution in [1.82, 2.24) is 4.90 Å². The molecule has 0 spiro atoms. The second kappa shape index (κ2) is 4.04. The van der Waals surface area contributed by atoms with Crippen molar-refractivity contribution >= 4 is 17.5 Å². The molecule has 2 heterocycles. The Morgan fingerprint density at radius 1 is 1.43 bits per heavy atom. The van der Waals surface area contributed by atoms with E-state index < -0.39 is 5.38 Å². The van der Waals surface area contributed by atoms with Gasteiger partial charge in [-0.1, -0.05) is 0 Å². The molecule has 2 saturated heterocycles. The SMILES string of the molecule is CC(Cl)C(=O)N(CC1CO1)CC1CO1. The predicted octanol–water partition coefficient (Wildman–Crippen LogP) is 0.240. The Balaban J connectivity index is 1.85. The predicted molar refractivity (Wildman–Crippen MR) is 51.4 cm³/mol. The van der Waals surface area contributed by atoms with Gasteiger partial charge in [0, 0.05) is 13.1 Å². The van der Waals surface area contributed by atoms with E-state index in [9.17, 15) is 4.79 Å². The average molecular weight is 220 g/mol. The van der Waals surface area contributed by atoms with Gasteiger partial charge < -0.3 is 14.4 Å². The van der Waals surface area contributed by atoms with Crippen LogP contribution in [0.2, 0.25) is 0 Å². The smallest absolute Gasteiger partial charge is 0.240 e. The molecule has 2 aliphatic rings. The van der Waals surface area contributed by atoms with Crippen molar-refractivity contribution in [2.75, 3.05) is 26.3 Å². The highest BCUT2D eigenvalue weighted by molar-refractivity contribution is 6.30. The van der Waals surface area contributed by atoms with Gasteiger partial charge in [0.05, 0.1) is 25.4 Å². The third-order valence-corrected chi connectivity index (χ3v) is 2.49. The van der Waals surface area contributed by atoms with Crippen molar-refractivity contribution in [1.29, 1.82) is 0 Å². The van der Waals surface area contributed by atoms with E-state index in [-0.39, 0.29) is 18.1 Å². The lowest BCUT2D eigenvalue weighted by Crippen LogP contribution is -2.40. The molecule has 2 fully saturated rings. The number of carbonyl (C=O) groups is 1. The molecule has 0 bridgehead atoms. The number of epoxide rings is 2. The number of carbonyl (C=O) groups excluding carboxylic acids is 1. The van der Waals surface area contributed by atoms with Crippen LogP contribution in [-0.4, -0.2) is 54.7 Å². The molecule has 3 atom stereocenters. The summed E-state index contributed by atoms with van der Waals surface area (Å²) in [6.45, 7) is 4.50. The second-order valence-electron chi connectivity index (χ2n) is 3.77. The number of hydrogen-bond acceptors (Lipinski definition) is 3. The lowest BCUT2D eigenvalue weighted by atomic mass is 10.3. The molecule has 0 N–H and O–H groups in total. The summed E-state index contributed by atoms with van der Waals surface area (Å²) in [4.78, 5) is 13.4. The van der Waals surface area contributed by atoms with Gasteiger partial charge >= 0.3 is 0 Å². The lowest BCUT2D eigenvalue weighted by molar-refractivity contribution is -0.131. The number of ether oxygens (including phenoxy) is 2. The summed E-state index contributed by atoms with van der Waals surface area (Å²) >= 11 is 5.76. The molecule has 14 heavy (non-hydrogen) atoms. The van der Waals surface area contributed by atoms with Gasteiger partial charge in [-0.05, 0) is 6.92 Å². The summed E-state index contributed by atoms with van der Waals surface area (Å²) in [5, 5.41) is -0.465. The normalized spacial score (nSPS) is 31.0. The van der Waals surface area contributed by atoms with Gasteiger partial charge in [0.2, 0.25) is 5.91 Å². The van der Waals surface area contributed by atoms with E-state index in [0.29, 0.717) is 13.1 Å². The van der Waals surface area contributed by atoms with E-state index in [1.165, 1.54) is 0 Å². The quantitative estimate of drug-likeness (QED) is 0.492. The van der Waals surface area contributed by atoms with Gasteiger partial charge in [0.1, 0.15) is 5.38 Å². The van der Waals surface area contributed by atoms with Gasteiger partial charge in [-0.15, -0.1) is 11.6 Å². The third-order valence-electron chi connectivity index (χ3n) is 2.30. The molecule has 4 nitrogen and oxygen atoms in total. The second-order valence-corrected chi connectivity index (χ2v) is 4.42. The zero-order valence-electron chi connectivity index (χ0n) is 8.11. The van der Waals surface area contributed by atoms with Gasteiger partial charge in [-0.3, -0.25) is 4.79 Å².